The fraction of sp³-hybridized carbons (Fsp3) is 0.265. The monoisotopic (exact) mass is 578 g/mol. The Morgan fingerprint density at radius 2 is 1.93 bits per heavy atom. The molecule has 0 radical (unpaired) electrons. The summed E-state index contributed by atoms with van der Waals surface area (Å²) in [5, 5.41) is 8.91. The Morgan fingerprint density at radius 3 is 2.63 bits per heavy atom. The summed E-state index contributed by atoms with van der Waals surface area (Å²) in [4.78, 5) is 42.8. The number of aromatic amines is 1. The number of fused-ring (bicyclic) bond motifs is 2. The molecule has 2 aromatic carbocycles. The van der Waals surface area contributed by atoms with E-state index in [4.69, 9.17) is 4.42 Å². The maximum absolute atomic E-state index is 13.5. The number of carbonyl (C=O) groups is 3. The molecule has 6 rings (SSSR count). The van der Waals surface area contributed by atoms with Crippen LogP contribution in [0.2, 0.25) is 0 Å². The number of rotatable bonds is 9. The van der Waals surface area contributed by atoms with E-state index in [0.29, 0.717) is 41.8 Å². The molecule has 3 atom stereocenters. The lowest BCUT2D eigenvalue weighted by atomic mass is 9.64. The van der Waals surface area contributed by atoms with Crippen molar-refractivity contribution >= 4 is 29.1 Å². The molecule has 3 amide bonds. The quantitative estimate of drug-likeness (QED) is 0.188. The second-order valence-electron chi connectivity index (χ2n) is 11.1. The number of carbonyl (C=O) groups excluding carboxylic acids is 3. The smallest absolute Gasteiger partial charge is 0.251 e. The molecule has 8 nitrogen and oxygen atoms in total. The van der Waals surface area contributed by atoms with Gasteiger partial charge in [-0.2, -0.15) is 0 Å². The molecule has 1 aliphatic heterocycles. The van der Waals surface area contributed by atoms with Crippen LogP contribution in [0.1, 0.15) is 75.9 Å². The molecule has 0 saturated carbocycles. The van der Waals surface area contributed by atoms with E-state index in [2.05, 4.69) is 32.8 Å². The average molecular weight is 579 g/mol. The highest BCUT2D eigenvalue weighted by Gasteiger charge is 2.56. The Hall–Kier alpha value is -5.10. The third-order valence-electron chi connectivity index (χ3n) is 8.31. The number of aryl methyl sites for hydroxylation is 2. The minimum absolute atomic E-state index is 0.104. The molecule has 2 aliphatic rings. The van der Waals surface area contributed by atoms with E-state index in [0.717, 1.165) is 28.3 Å². The first-order valence-electron chi connectivity index (χ1n) is 14.2. The number of halogens is 1. The summed E-state index contributed by atoms with van der Waals surface area (Å²) < 4.78 is 18.7. The minimum atomic E-state index is -1.17. The fourth-order valence-corrected chi connectivity index (χ4v) is 5.90. The van der Waals surface area contributed by atoms with Crippen LogP contribution >= 0.6 is 0 Å². The number of amides is 3. The number of hydrogen-bond donors (Lipinski definition) is 4. The van der Waals surface area contributed by atoms with Crippen molar-refractivity contribution in [2.75, 3.05) is 10.6 Å². The van der Waals surface area contributed by atoms with Crippen molar-refractivity contribution in [3.63, 3.8) is 0 Å². The SMILES string of the molecule is Cc1[nH]c(C2C#CC23C(=O)Nc2ccc(C(=O)NC(C)c4ccc(F)cc4)cc23)c(C)c1NC(=O)CCCc1ccco1. The summed E-state index contributed by atoms with van der Waals surface area (Å²) in [7, 11) is 0. The number of hydrogen-bond acceptors (Lipinski definition) is 4. The van der Waals surface area contributed by atoms with Crippen LogP contribution in [0.15, 0.2) is 65.3 Å². The number of aromatic nitrogens is 1. The molecule has 3 unspecified atom stereocenters. The maximum atomic E-state index is 13.5. The van der Waals surface area contributed by atoms with Crippen LogP contribution in [0, 0.1) is 31.5 Å². The molecular weight excluding hydrogens is 547 g/mol. The standard InChI is InChI=1S/C34H31FN4O4/c1-19-30(39-29(40)8-4-6-25-7-5-17-43-25)21(3)36-31(19)26-15-16-34(26)27-18-23(11-14-28(27)38-33(34)42)32(41)37-20(2)22-9-12-24(35)13-10-22/h5,7,9-14,17-18,20,26,36H,4,6,8H2,1-3H3,(H,37,41)(H,38,42)(H,39,40). The van der Waals surface area contributed by atoms with Crippen LogP contribution < -0.4 is 16.0 Å². The van der Waals surface area contributed by atoms with Crippen molar-refractivity contribution in [2.24, 2.45) is 0 Å². The van der Waals surface area contributed by atoms with Gasteiger partial charge in [0.2, 0.25) is 11.8 Å². The van der Waals surface area contributed by atoms with E-state index in [9.17, 15) is 18.8 Å². The number of anilines is 2. The van der Waals surface area contributed by atoms with Gasteiger partial charge in [-0.1, -0.05) is 24.0 Å². The van der Waals surface area contributed by atoms with Gasteiger partial charge in [0.25, 0.3) is 5.91 Å². The highest BCUT2D eigenvalue weighted by Crippen LogP contribution is 2.52. The van der Waals surface area contributed by atoms with Gasteiger partial charge < -0.3 is 25.4 Å². The van der Waals surface area contributed by atoms with E-state index < -0.39 is 11.3 Å². The number of H-pyrrole nitrogens is 1. The van der Waals surface area contributed by atoms with E-state index >= 15 is 0 Å². The van der Waals surface area contributed by atoms with Crippen LogP contribution in [0.5, 0.6) is 0 Å². The summed E-state index contributed by atoms with van der Waals surface area (Å²) in [6, 6.07) is 14.4. The molecule has 0 saturated heterocycles. The van der Waals surface area contributed by atoms with Crippen molar-refractivity contribution in [1.82, 2.24) is 10.3 Å². The summed E-state index contributed by atoms with van der Waals surface area (Å²) in [5.41, 5.74) is 4.27. The molecular formula is C34H31FN4O4. The second kappa shape index (κ2) is 11.0. The maximum Gasteiger partial charge on any atom is 0.251 e. The molecule has 1 aliphatic carbocycles. The van der Waals surface area contributed by atoms with Crippen LogP contribution in [-0.4, -0.2) is 22.7 Å². The van der Waals surface area contributed by atoms with Gasteiger partial charge in [0.15, 0.2) is 5.41 Å². The van der Waals surface area contributed by atoms with Gasteiger partial charge in [-0.3, -0.25) is 14.4 Å². The Kier molecular flexibility index (Phi) is 7.14. The van der Waals surface area contributed by atoms with Gasteiger partial charge in [-0.05, 0) is 80.8 Å². The fourth-order valence-electron chi connectivity index (χ4n) is 5.90. The lowest BCUT2D eigenvalue weighted by molar-refractivity contribution is -0.119. The third kappa shape index (κ3) is 4.99. The normalized spacial score (nSPS) is 18.7. The van der Waals surface area contributed by atoms with Crippen molar-refractivity contribution < 1.29 is 23.2 Å². The van der Waals surface area contributed by atoms with Gasteiger partial charge in [-0.15, -0.1) is 0 Å². The largest absolute Gasteiger partial charge is 0.469 e. The molecule has 0 bridgehead atoms. The highest BCUT2D eigenvalue weighted by atomic mass is 19.1. The Labute approximate surface area is 248 Å². The molecule has 4 N–H and O–H groups in total. The Balaban J connectivity index is 1.20. The zero-order valence-electron chi connectivity index (χ0n) is 24.1. The van der Waals surface area contributed by atoms with E-state index in [1.54, 1.807) is 36.6 Å². The molecule has 4 aromatic rings. The van der Waals surface area contributed by atoms with Gasteiger partial charge in [0.1, 0.15) is 11.6 Å². The second-order valence-corrected chi connectivity index (χ2v) is 11.1. The molecule has 0 fully saturated rings. The van der Waals surface area contributed by atoms with Crippen LogP contribution in [-0.2, 0) is 21.4 Å². The van der Waals surface area contributed by atoms with E-state index in [-0.39, 0.29) is 29.6 Å². The summed E-state index contributed by atoms with van der Waals surface area (Å²) in [5.74, 6) is 5.60. The summed E-state index contributed by atoms with van der Waals surface area (Å²) >= 11 is 0. The van der Waals surface area contributed by atoms with Gasteiger partial charge >= 0.3 is 0 Å². The minimum Gasteiger partial charge on any atom is -0.469 e. The predicted molar refractivity (Wildman–Crippen MR) is 160 cm³/mol. The van der Waals surface area contributed by atoms with Gasteiger partial charge in [-0.25, -0.2) is 4.39 Å². The average Bonchev–Trinajstić information content (AvgIpc) is 3.66. The predicted octanol–water partition coefficient (Wildman–Crippen LogP) is 5.81. The molecule has 1 spiro atoms. The lowest BCUT2D eigenvalue weighted by Crippen LogP contribution is -2.44. The summed E-state index contributed by atoms with van der Waals surface area (Å²) in [6.45, 7) is 5.60. The van der Waals surface area contributed by atoms with Crippen LogP contribution in [0.25, 0.3) is 0 Å². The van der Waals surface area contributed by atoms with Crippen molar-refractivity contribution in [1.29, 1.82) is 0 Å². The first-order valence-corrected chi connectivity index (χ1v) is 14.2. The van der Waals surface area contributed by atoms with Crippen molar-refractivity contribution in [3.8, 4) is 11.8 Å². The Morgan fingerprint density at radius 1 is 1.14 bits per heavy atom. The van der Waals surface area contributed by atoms with E-state index in [1.165, 1.54) is 12.1 Å². The number of nitrogens with one attached hydrogen (secondary N) is 4. The molecule has 3 heterocycles. The zero-order chi connectivity index (χ0) is 30.3. The van der Waals surface area contributed by atoms with Crippen molar-refractivity contribution in [2.45, 2.75) is 57.4 Å². The first kappa shape index (κ1) is 28.0. The van der Waals surface area contributed by atoms with Crippen molar-refractivity contribution in [3.05, 3.63) is 106 Å². The van der Waals surface area contributed by atoms with Gasteiger partial charge in [0.05, 0.1) is 23.9 Å². The topological polar surface area (TPSA) is 116 Å². The summed E-state index contributed by atoms with van der Waals surface area (Å²) in [6.07, 6.45) is 3.29. The zero-order valence-corrected chi connectivity index (χ0v) is 24.1. The molecule has 9 heteroatoms. The highest BCUT2D eigenvalue weighted by molar-refractivity contribution is 6.12. The third-order valence-corrected chi connectivity index (χ3v) is 8.31. The number of benzene rings is 2. The Bertz CT molecular complexity index is 1800. The van der Waals surface area contributed by atoms with Crippen LogP contribution in [0.3, 0.4) is 0 Å². The molecule has 218 valence electrons. The van der Waals surface area contributed by atoms with Gasteiger partial charge in [0, 0.05) is 41.0 Å². The van der Waals surface area contributed by atoms with Crippen LogP contribution in [0.4, 0.5) is 15.8 Å². The first-order chi connectivity index (χ1) is 20.7. The lowest BCUT2D eigenvalue weighted by Gasteiger charge is -2.34. The number of furan rings is 1. The van der Waals surface area contributed by atoms with E-state index in [1.807, 2.05) is 32.9 Å². The molecule has 43 heavy (non-hydrogen) atoms. The molecule has 2 aromatic heterocycles.